The van der Waals surface area contributed by atoms with Crippen LogP contribution in [0.15, 0.2) is 36.4 Å². The second-order valence-corrected chi connectivity index (χ2v) is 5.54. The van der Waals surface area contributed by atoms with E-state index < -0.39 is 0 Å². The number of aromatic nitrogens is 2. The van der Waals surface area contributed by atoms with Gasteiger partial charge in [0.1, 0.15) is 5.82 Å². The molecule has 0 bridgehead atoms. The molecule has 0 fully saturated rings. The number of nitrogens with one attached hydrogen (secondary N) is 1. The van der Waals surface area contributed by atoms with Crippen molar-refractivity contribution in [1.82, 2.24) is 9.55 Å². The predicted molar refractivity (Wildman–Crippen MR) is 83.1 cm³/mol. The molecule has 1 aromatic heterocycles. The normalized spacial score (nSPS) is 13.5. The highest BCUT2D eigenvalue weighted by molar-refractivity contribution is 5.81. The van der Waals surface area contributed by atoms with Gasteiger partial charge in [0.05, 0.1) is 11.0 Å². The summed E-state index contributed by atoms with van der Waals surface area (Å²) in [5, 5.41) is 3.40. The van der Waals surface area contributed by atoms with Crippen LogP contribution in [-0.4, -0.2) is 16.1 Å². The molecule has 0 amide bonds. The number of nitrogens with zero attached hydrogens (tertiary/aromatic N) is 2. The zero-order chi connectivity index (χ0) is 13.7. The smallest absolute Gasteiger partial charge is 0.140 e. The summed E-state index contributed by atoms with van der Waals surface area (Å²) in [5.74, 6) is 1.04. The molecule has 1 aliphatic rings. The number of fused-ring (bicyclic) bond motifs is 2. The summed E-state index contributed by atoms with van der Waals surface area (Å²) >= 11 is 0. The van der Waals surface area contributed by atoms with E-state index in [1.54, 1.807) is 0 Å². The topological polar surface area (TPSA) is 29.9 Å². The first-order chi connectivity index (χ1) is 9.72. The van der Waals surface area contributed by atoms with E-state index in [0.717, 1.165) is 24.3 Å². The van der Waals surface area contributed by atoms with Gasteiger partial charge in [0, 0.05) is 24.8 Å². The Balaban J connectivity index is 1.91. The van der Waals surface area contributed by atoms with Crippen LogP contribution in [0.3, 0.4) is 0 Å². The van der Waals surface area contributed by atoms with E-state index in [2.05, 4.69) is 60.3 Å². The molecule has 2 aromatic carbocycles. The molecule has 0 unspecified atom stereocenters. The van der Waals surface area contributed by atoms with Crippen LogP contribution in [0.4, 0.5) is 5.69 Å². The Bertz CT molecular complexity index is 814. The number of rotatable bonds is 1. The third-order valence-electron chi connectivity index (χ3n) is 4.11. The summed E-state index contributed by atoms with van der Waals surface area (Å²) in [7, 11) is 2.09. The largest absolute Gasteiger partial charge is 0.384 e. The van der Waals surface area contributed by atoms with Crippen molar-refractivity contribution in [1.29, 1.82) is 0 Å². The summed E-state index contributed by atoms with van der Waals surface area (Å²) in [5.41, 5.74) is 7.36. The molecule has 1 aliphatic heterocycles. The Kier molecular flexibility index (Phi) is 2.36. The molecule has 3 nitrogen and oxygen atoms in total. The van der Waals surface area contributed by atoms with E-state index in [9.17, 15) is 0 Å². The highest BCUT2D eigenvalue weighted by atomic mass is 15.1. The van der Waals surface area contributed by atoms with Crippen molar-refractivity contribution in [3.63, 3.8) is 0 Å². The van der Waals surface area contributed by atoms with Gasteiger partial charge in [0.2, 0.25) is 0 Å². The SMILES string of the molecule is Cc1ccc2c(c1)nc(-c1ccc3c(c1)CCN3)n2C. The van der Waals surface area contributed by atoms with Crippen LogP contribution < -0.4 is 5.32 Å². The summed E-state index contributed by atoms with van der Waals surface area (Å²) in [4.78, 5) is 4.81. The highest BCUT2D eigenvalue weighted by Crippen LogP contribution is 2.29. The van der Waals surface area contributed by atoms with Crippen molar-refractivity contribution < 1.29 is 0 Å². The molecule has 3 heteroatoms. The molecule has 1 N–H and O–H groups in total. The minimum absolute atomic E-state index is 1.04. The van der Waals surface area contributed by atoms with Crippen LogP contribution in [0, 0.1) is 6.92 Å². The predicted octanol–water partition coefficient (Wildman–Crippen LogP) is 3.52. The third kappa shape index (κ3) is 1.63. The Morgan fingerprint density at radius 3 is 2.95 bits per heavy atom. The summed E-state index contributed by atoms with van der Waals surface area (Å²) in [6.45, 7) is 3.15. The summed E-state index contributed by atoms with van der Waals surface area (Å²) < 4.78 is 2.18. The molecular weight excluding hydrogens is 246 g/mol. The van der Waals surface area contributed by atoms with Gasteiger partial charge < -0.3 is 9.88 Å². The molecule has 0 aliphatic carbocycles. The molecule has 4 rings (SSSR count). The van der Waals surface area contributed by atoms with E-state index in [4.69, 9.17) is 4.98 Å². The molecule has 3 aromatic rings. The van der Waals surface area contributed by atoms with E-state index in [1.807, 2.05) is 0 Å². The van der Waals surface area contributed by atoms with E-state index in [-0.39, 0.29) is 0 Å². The summed E-state index contributed by atoms with van der Waals surface area (Å²) in [6.07, 6.45) is 1.10. The van der Waals surface area contributed by atoms with Gasteiger partial charge in [0.15, 0.2) is 0 Å². The summed E-state index contributed by atoms with van der Waals surface area (Å²) in [6, 6.07) is 13.0. The number of benzene rings is 2. The van der Waals surface area contributed by atoms with Gasteiger partial charge in [-0.05, 0) is 54.8 Å². The Hall–Kier alpha value is -2.29. The van der Waals surface area contributed by atoms with Crippen molar-refractivity contribution in [2.75, 3.05) is 11.9 Å². The fourth-order valence-corrected chi connectivity index (χ4v) is 3.01. The Labute approximate surface area is 118 Å². The number of hydrogen-bond donors (Lipinski definition) is 1. The lowest BCUT2D eigenvalue weighted by molar-refractivity contribution is 0.958. The van der Waals surface area contributed by atoms with Crippen LogP contribution in [0.2, 0.25) is 0 Å². The third-order valence-corrected chi connectivity index (χ3v) is 4.11. The van der Waals surface area contributed by atoms with E-state index in [0.29, 0.717) is 0 Å². The zero-order valence-corrected chi connectivity index (χ0v) is 11.8. The Morgan fingerprint density at radius 2 is 2.05 bits per heavy atom. The molecule has 0 spiro atoms. The first-order valence-corrected chi connectivity index (χ1v) is 7.02. The van der Waals surface area contributed by atoms with Crippen LogP contribution in [-0.2, 0) is 13.5 Å². The van der Waals surface area contributed by atoms with Crippen LogP contribution in [0.25, 0.3) is 22.4 Å². The van der Waals surface area contributed by atoms with Crippen molar-refractivity contribution in [3.8, 4) is 11.4 Å². The van der Waals surface area contributed by atoms with Gasteiger partial charge in [-0.3, -0.25) is 0 Å². The second kappa shape index (κ2) is 4.10. The molecule has 0 saturated carbocycles. The number of imidazole rings is 1. The lowest BCUT2D eigenvalue weighted by Gasteiger charge is -2.05. The maximum absolute atomic E-state index is 4.81. The highest BCUT2D eigenvalue weighted by Gasteiger charge is 2.14. The Morgan fingerprint density at radius 1 is 1.15 bits per heavy atom. The van der Waals surface area contributed by atoms with Crippen LogP contribution in [0.5, 0.6) is 0 Å². The average molecular weight is 263 g/mol. The standard InChI is InChI=1S/C17H17N3/c1-11-3-6-16-15(9-11)19-17(20(16)2)13-4-5-14-12(10-13)7-8-18-14/h3-6,9-10,18H,7-8H2,1-2H3. The van der Waals surface area contributed by atoms with Gasteiger partial charge in [-0.25, -0.2) is 4.98 Å². The van der Waals surface area contributed by atoms with Crippen molar-refractivity contribution >= 4 is 16.7 Å². The average Bonchev–Trinajstić information content (AvgIpc) is 3.02. The van der Waals surface area contributed by atoms with Gasteiger partial charge in [0.25, 0.3) is 0 Å². The maximum atomic E-state index is 4.81. The van der Waals surface area contributed by atoms with Gasteiger partial charge in [-0.15, -0.1) is 0 Å². The molecule has 2 heterocycles. The lowest BCUT2D eigenvalue weighted by atomic mass is 10.1. The van der Waals surface area contributed by atoms with Crippen LogP contribution >= 0.6 is 0 Å². The van der Waals surface area contributed by atoms with Gasteiger partial charge in [-0.1, -0.05) is 6.07 Å². The van der Waals surface area contributed by atoms with Crippen molar-refractivity contribution in [2.24, 2.45) is 7.05 Å². The number of hydrogen-bond acceptors (Lipinski definition) is 2. The maximum Gasteiger partial charge on any atom is 0.140 e. The van der Waals surface area contributed by atoms with Gasteiger partial charge in [-0.2, -0.15) is 0 Å². The van der Waals surface area contributed by atoms with Crippen molar-refractivity contribution in [3.05, 3.63) is 47.5 Å². The quantitative estimate of drug-likeness (QED) is 0.728. The zero-order valence-electron chi connectivity index (χ0n) is 11.8. The van der Waals surface area contributed by atoms with E-state index in [1.165, 1.54) is 27.9 Å². The number of aryl methyl sites for hydroxylation is 2. The molecule has 100 valence electrons. The van der Waals surface area contributed by atoms with Crippen molar-refractivity contribution in [2.45, 2.75) is 13.3 Å². The molecule has 0 atom stereocenters. The molecular formula is C17H17N3. The molecule has 0 radical (unpaired) electrons. The molecule has 0 saturated heterocycles. The first-order valence-electron chi connectivity index (χ1n) is 7.02. The monoisotopic (exact) mass is 263 g/mol. The van der Waals surface area contributed by atoms with Gasteiger partial charge >= 0.3 is 0 Å². The first kappa shape index (κ1) is 11.5. The second-order valence-electron chi connectivity index (χ2n) is 5.54. The fraction of sp³-hybridized carbons (Fsp3) is 0.235. The van der Waals surface area contributed by atoms with Crippen LogP contribution in [0.1, 0.15) is 11.1 Å². The fourth-order valence-electron chi connectivity index (χ4n) is 3.01. The lowest BCUT2D eigenvalue weighted by Crippen LogP contribution is -1.93. The van der Waals surface area contributed by atoms with E-state index >= 15 is 0 Å². The number of anilines is 1. The minimum Gasteiger partial charge on any atom is -0.384 e. The molecule has 20 heavy (non-hydrogen) atoms. The minimum atomic E-state index is 1.04.